The Bertz CT molecular complexity index is 447. The van der Waals surface area contributed by atoms with Crippen LogP contribution in [0.1, 0.15) is 0 Å². The largest absolute Gasteiger partial charge is 0.384 e. The summed E-state index contributed by atoms with van der Waals surface area (Å²) in [6.07, 6.45) is 1.72. The molecule has 3 nitrogen and oxygen atoms in total. The summed E-state index contributed by atoms with van der Waals surface area (Å²) >= 11 is 0. The maximum atomic E-state index is 13.3. The second-order valence-electron chi connectivity index (χ2n) is 2.88. The molecule has 0 amide bonds. The molecule has 0 bridgehead atoms. The summed E-state index contributed by atoms with van der Waals surface area (Å²) in [6, 6.07) is 3.16. The molecule has 13 heavy (non-hydrogen) atoms. The van der Waals surface area contributed by atoms with E-state index in [1.54, 1.807) is 31.0 Å². The first-order valence-electron chi connectivity index (χ1n) is 4.02. The van der Waals surface area contributed by atoms with E-state index < -0.39 is 0 Å². The summed E-state index contributed by atoms with van der Waals surface area (Å²) in [5.74, 6) is -0.251. The Morgan fingerprint density at radius 3 is 2.92 bits per heavy atom. The van der Waals surface area contributed by atoms with Gasteiger partial charge in [-0.3, -0.25) is 4.68 Å². The Balaban J connectivity index is 2.88. The lowest BCUT2D eigenvalue weighted by Crippen LogP contribution is -1.98. The summed E-state index contributed by atoms with van der Waals surface area (Å²) < 4.78 is 14.9. The van der Waals surface area contributed by atoms with Crippen LogP contribution in [-0.4, -0.2) is 16.8 Å². The van der Waals surface area contributed by atoms with Crippen molar-refractivity contribution < 1.29 is 4.39 Å². The van der Waals surface area contributed by atoms with E-state index in [9.17, 15) is 4.39 Å². The molecule has 0 fully saturated rings. The molecule has 1 N–H and O–H groups in total. The average molecular weight is 179 g/mol. The molecule has 2 aromatic rings. The van der Waals surface area contributed by atoms with Crippen LogP contribution in [0, 0.1) is 5.82 Å². The van der Waals surface area contributed by atoms with Gasteiger partial charge in [-0.25, -0.2) is 4.39 Å². The number of nitrogens with zero attached hydrogens (tertiary/aromatic N) is 2. The third-order valence-corrected chi connectivity index (χ3v) is 2.10. The van der Waals surface area contributed by atoms with Crippen LogP contribution >= 0.6 is 0 Å². The monoisotopic (exact) mass is 179 g/mol. The number of fused-ring (bicyclic) bond motifs is 1. The fourth-order valence-corrected chi connectivity index (χ4v) is 1.48. The third-order valence-electron chi connectivity index (χ3n) is 2.10. The lowest BCUT2D eigenvalue weighted by molar-refractivity contribution is 0.631. The first kappa shape index (κ1) is 8.04. The van der Waals surface area contributed by atoms with Gasteiger partial charge in [0.15, 0.2) is 0 Å². The second-order valence-corrected chi connectivity index (χ2v) is 2.88. The highest BCUT2D eigenvalue weighted by atomic mass is 19.1. The topological polar surface area (TPSA) is 29.9 Å². The Labute approximate surface area is 75.2 Å². The van der Waals surface area contributed by atoms with E-state index in [1.165, 1.54) is 6.07 Å². The number of hydrogen-bond donors (Lipinski definition) is 1. The van der Waals surface area contributed by atoms with Gasteiger partial charge in [0.1, 0.15) is 5.82 Å². The molecule has 0 unspecified atom stereocenters. The number of hydrogen-bond acceptors (Lipinski definition) is 2. The summed E-state index contributed by atoms with van der Waals surface area (Å²) in [5, 5.41) is 7.82. The molecule has 0 aliphatic rings. The van der Waals surface area contributed by atoms with Crippen LogP contribution in [0.4, 0.5) is 10.1 Å². The third kappa shape index (κ3) is 1.06. The molecular formula is C9H10FN3. The van der Waals surface area contributed by atoms with Gasteiger partial charge in [0.25, 0.3) is 0 Å². The summed E-state index contributed by atoms with van der Waals surface area (Å²) in [5.41, 5.74) is 1.29. The fourth-order valence-electron chi connectivity index (χ4n) is 1.48. The number of anilines is 1. The van der Waals surface area contributed by atoms with Crippen molar-refractivity contribution >= 4 is 16.6 Å². The quantitative estimate of drug-likeness (QED) is 0.722. The molecular weight excluding hydrogens is 169 g/mol. The van der Waals surface area contributed by atoms with Crippen molar-refractivity contribution in [3.8, 4) is 0 Å². The predicted molar refractivity (Wildman–Crippen MR) is 50.2 cm³/mol. The van der Waals surface area contributed by atoms with Gasteiger partial charge < -0.3 is 5.32 Å². The second kappa shape index (κ2) is 2.73. The molecule has 4 heteroatoms. The smallest absolute Gasteiger partial charge is 0.148 e. The highest BCUT2D eigenvalue weighted by molar-refractivity contribution is 5.90. The highest BCUT2D eigenvalue weighted by Crippen LogP contribution is 2.25. The molecule has 0 saturated carbocycles. The minimum absolute atomic E-state index is 0.251. The predicted octanol–water partition coefficient (Wildman–Crippen LogP) is 1.75. The number of aromatic nitrogens is 2. The fraction of sp³-hybridized carbons (Fsp3) is 0.222. The van der Waals surface area contributed by atoms with Crippen molar-refractivity contribution in [3.05, 3.63) is 24.1 Å². The number of aryl methyl sites for hydroxylation is 1. The Kier molecular flexibility index (Phi) is 1.69. The molecule has 1 aromatic carbocycles. The average Bonchev–Trinajstić information content (AvgIpc) is 2.49. The van der Waals surface area contributed by atoms with Crippen molar-refractivity contribution in [2.45, 2.75) is 0 Å². The van der Waals surface area contributed by atoms with Crippen LogP contribution < -0.4 is 5.32 Å². The SMILES string of the molecule is CNc1c(F)ccc2cnn(C)c12. The van der Waals surface area contributed by atoms with Crippen molar-refractivity contribution in [3.63, 3.8) is 0 Å². The van der Waals surface area contributed by atoms with Gasteiger partial charge in [-0.15, -0.1) is 0 Å². The molecule has 0 aliphatic carbocycles. The first-order valence-corrected chi connectivity index (χ1v) is 4.02. The lowest BCUT2D eigenvalue weighted by Gasteiger charge is -2.04. The number of halogens is 1. The number of benzene rings is 1. The van der Waals surface area contributed by atoms with Crippen LogP contribution in [0.25, 0.3) is 10.9 Å². The molecule has 0 atom stereocenters. The van der Waals surface area contributed by atoms with Crippen LogP contribution in [0.2, 0.25) is 0 Å². The van der Waals surface area contributed by atoms with Crippen LogP contribution in [0.5, 0.6) is 0 Å². The highest BCUT2D eigenvalue weighted by Gasteiger charge is 2.08. The zero-order chi connectivity index (χ0) is 9.42. The van der Waals surface area contributed by atoms with Crippen LogP contribution in [-0.2, 0) is 7.05 Å². The van der Waals surface area contributed by atoms with Gasteiger partial charge >= 0.3 is 0 Å². The minimum atomic E-state index is -0.251. The van der Waals surface area contributed by atoms with Crippen LogP contribution in [0.3, 0.4) is 0 Å². The molecule has 1 aromatic heterocycles. The standard InChI is InChI=1S/C9H10FN3/c1-11-8-7(10)4-3-6-5-12-13(2)9(6)8/h3-5,11H,1-2H3. The van der Waals surface area contributed by atoms with Gasteiger partial charge in [0.2, 0.25) is 0 Å². The zero-order valence-corrected chi connectivity index (χ0v) is 7.50. The van der Waals surface area contributed by atoms with Gasteiger partial charge in [0.05, 0.1) is 17.4 Å². The van der Waals surface area contributed by atoms with Crippen molar-refractivity contribution in [1.82, 2.24) is 9.78 Å². The van der Waals surface area contributed by atoms with E-state index in [2.05, 4.69) is 10.4 Å². The maximum absolute atomic E-state index is 13.3. The molecule has 1 heterocycles. The Hall–Kier alpha value is -1.58. The number of rotatable bonds is 1. The zero-order valence-electron chi connectivity index (χ0n) is 7.50. The number of nitrogens with one attached hydrogen (secondary N) is 1. The van der Waals surface area contributed by atoms with Gasteiger partial charge in [-0.05, 0) is 12.1 Å². The molecule has 0 saturated heterocycles. The molecule has 2 rings (SSSR count). The van der Waals surface area contributed by atoms with Crippen molar-refractivity contribution in [1.29, 1.82) is 0 Å². The molecule has 0 spiro atoms. The van der Waals surface area contributed by atoms with Gasteiger partial charge in [-0.2, -0.15) is 5.10 Å². The minimum Gasteiger partial charge on any atom is -0.384 e. The summed E-state index contributed by atoms with van der Waals surface area (Å²) in [6.45, 7) is 0. The van der Waals surface area contributed by atoms with Gasteiger partial charge in [0, 0.05) is 19.5 Å². The van der Waals surface area contributed by atoms with E-state index in [0.29, 0.717) is 5.69 Å². The van der Waals surface area contributed by atoms with E-state index in [0.717, 1.165) is 10.9 Å². The van der Waals surface area contributed by atoms with Gasteiger partial charge in [-0.1, -0.05) is 0 Å². The Morgan fingerprint density at radius 1 is 1.46 bits per heavy atom. The van der Waals surface area contributed by atoms with E-state index in [4.69, 9.17) is 0 Å². The lowest BCUT2D eigenvalue weighted by atomic mass is 10.2. The maximum Gasteiger partial charge on any atom is 0.148 e. The van der Waals surface area contributed by atoms with Crippen molar-refractivity contribution in [2.24, 2.45) is 7.05 Å². The van der Waals surface area contributed by atoms with E-state index in [-0.39, 0.29) is 5.82 Å². The summed E-state index contributed by atoms with van der Waals surface area (Å²) in [7, 11) is 3.49. The van der Waals surface area contributed by atoms with E-state index in [1.807, 2.05) is 0 Å². The Morgan fingerprint density at radius 2 is 2.23 bits per heavy atom. The molecule has 68 valence electrons. The van der Waals surface area contributed by atoms with Crippen LogP contribution in [0.15, 0.2) is 18.3 Å². The normalized spacial score (nSPS) is 10.7. The molecule has 0 aliphatic heterocycles. The summed E-state index contributed by atoms with van der Waals surface area (Å²) in [4.78, 5) is 0. The van der Waals surface area contributed by atoms with E-state index >= 15 is 0 Å². The van der Waals surface area contributed by atoms with Crippen molar-refractivity contribution in [2.75, 3.05) is 12.4 Å². The molecule has 0 radical (unpaired) electrons. The first-order chi connectivity index (χ1) is 6.24.